The van der Waals surface area contributed by atoms with E-state index >= 15 is 0 Å². The molecule has 0 radical (unpaired) electrons. The number of nitrogens with one attached hydrogen (secondary N) is 4. The monoisotopic (exact) mass is 1480 g/mol. The van der Waals surface area contributed by atoms with Crippen LogP contribution < -0.4 is 27.0 Å². The van der Waals surface area contributed by atoms with Crippen molar-refractivity contribution in [3.05, 3.63) is 36.5 Å². The van der Waals surface area contributed by atoms with E-state index in [-0.39, 0.29) is 183 Å². The van der Waals surface area contributed by atoms with Gasteiger partial charge in [0.05, 0.1) is 127 Å². The molecular formula is C75H116N8O22. The molecule has 0 aromatic rings. The Kier molecular flexibility index (Phi) is 29.4. The Labute approximate surface area is 616 Å². The number of urea groups is 1. The molecule has 0 aromatic heterocycles. The predicted octanol–water partition coefficient (Wildman–Crippen LogP) is 2.37. The fraction of sp³-hybridized carbons (Fsp3) is 0.813. The number of rotatable bonds is 22. The molecule has 11 saturated heterocycles. The molecule has 21 atom stereocenters. The van der Waals surface area contributed by atoms with Crippen LogP contribution in [0.25, 0.3) is 0 Å². The highest BCUT2D eigenvalue weighted by Gasteiger charge is 2.69. The lowest BCUT2D eigenvalue weighted by Gasteiger charge is -2.47. The van der Waals surface area contributed by atoms with Crippen LogP contribution in [0.15, 0.2) is 36.5 Å². The zero-order chi connectivity index (χ0) is 74.3. The van der Waals surface area contributed by atoms with E-state index in [1.807, 2.05) is 4.90 Å². The topological polar surface area (TPSA) is 361 Å². The molecule has 12 heterocycles. The van der Waals surface area contributed by atoms with Crippen molar-refractivity contribution in [1.82, 2.24) is 36.0 Å². The Morgan fingerprint density at radius 1 is 0.676 bits per heavy atom. The third-order valence-electron chi connectivity index (χ3n) is 22.8. The summed E-state index contributed by atoms with van der Waals surface area (Å²) in [6.45, 7) is 18.2. The third-order valence-corrected chi connectivity index (χ3v) is 22.8. The summed E-state index contributed by atoms with van der Waals surface area (Å²) in [6, 6.07) is -3.01. The van der Waals surface area contributed by atoms with E-state index in [4.69, 9.17) is 67.3 Å². The van der Waals surface area contributed by atoms with Gasteiger partial charge in [0.1, 0.15) is 48.4 Å². The Bertz CT molecular complexity index is 3000. The second-order valence-electron chi connectivity index (χ2n) is 30.8. The summed E-state index contributed by atoms with van der Waals surface area (Å²) in [5.41, 5.74) is 7.38. The van der Waals surface area contributed by atoms with Crippen LogP contribution in [-0.4, -0.2) is 295 Å². The van der Waals surface area contributed by atoms with Crippen molar-refractivity contribution < 1.29 is 105 Å². The van der Waals surface area contributed by atoms with Crippen molar-refractivity contribution in [2.45, 2.75) is 258 Å². The smallest absolute Gasteiger partial charge is 0.312 e. The van der Waals surface area contributed by atoms with Gasteiger partial charge >= 0.3 is 6.03 Å². The molecule has 8 amide bonds. The number of primary amides is 1. The normalized spacial score (nSPS) is 35.4. The number of Topliss-reactive ketones (excluding diaryl/α,β-unsaturated/α-hetero) is 1. The Hall–Kier alpha value is -5.42. The predicted molar refractivity (Wildman–Crippen MR) is 376 cm³/mol. The van der Waals surface area contributed by atoms with E-state index in [0.29, 0.717) is 90.5 Å². The number of aliphatic hydroxyl groups excluding tert-OH is 1. The number of hydrogen-bond acceptors (Lipinski definition) is 23. The van der Waals surface area contributed by atoms with Gasteiger partial charge in [-0.15, -0.1) is 0 Å². The van der Waals surface area contributed by atoms with E-state index in [2.05, 4.69) is 41.3 Å². The molecule has 0 saturated carbocycles. The standard InChI is InChI=1S/C75H116N8O22/c1-44(2)65(80-61(86)43-81-23-27-94-31-33-96-29-25-82(26-30-97-34-32-95-28-24-81)62(87)12-8-7-9-22-83-63(88)17-18-64(83)89)73(91)79-54(11-10-21-77-74(76)92)72(90)78-42-49(85)39-59-66(93-6)53-38-48(84)37-51-14-16-56-67(100-51)71-70-69(102-56)68-60(103-70)41-75(104-68,105-71)20-19-52-36-46(4)55(98-52)15-13-50-35-45(3)47(5)57(99-50)40-58(53)101-59/h17-18,44-45,49-60,65-71,85H,4-5,7-16,19-43H2,1-3,6H3,(H,78,90)(H,79,91)(H,80,86)(H3,76,77,92)/t45-,49+,50+,51-,52+,53+,54+,55+,56+,57-,58+,59-,60-,65+,66-,67+,68+,69?,70?,71+,75+/m1/s1. The van der Waals surface area contributed by atoms with Gasteiger partial charge < -0.3 is 98.6 Å². The molecule has 7 N–H and O–H groups in total. The molecule has 12 aliphatic rings. The fourth-order valence-corrected chi connectivity index (χ4v) is 17.2. The number of hydrogen-bond donors (Lipinski definition) is 6. The lowest BCUT2D eigenvalue weighted by molar-refractivity contribution is -0.292. The van der Waals surface area contributed by atoms with Crippen molar-refractivity contribution in [2.75, 3.05) is 112 Å². The Balaban J connectivity index is 0.679. The maximum atomic E-state index is 14.7. The van der Waals surface area contributed by atoms with Crippen LogP contribution in [0.3, 0.4) is 0 Å². The number of nitrogens with two attached hydrogens (primary N) is 1. The number of fused-ring (bicyclic) bond motifs is 6. The lowest BCUT2D eigenvalue weighted by Crippen LogP contribution is -2.61. The number of imide groups is 1. The summed E-state index contributed by atoms with van der Waals surface area (Å²) >= 11 is 0. The minimum Gasteiger partial charge on any atom is -0.391 e. The number of methoxy groups -OCH3 is 1. The quantitative estimate of drug-likeness (QED) is 0.0515. The van der Waals surface area contributed by atoms with Crippen molar-refractivity contribution in [1.29, 1.82) is 0 Å². The van der Waals surface area contributed by atoms with E-state index in [9.17, 15) is 43.5 Å². The highest BCUT2D eigenvalue weighted by atomic mass is 16.8. The molecule has 12 bridgehead atoms. The van der Waals surface area contributed by atoms with Gasteiger partial charge in [0.25, 0.3) is 11.8 Å². The zero-order valence-electron chi connectivity index (χ0n) is 61.9. The average Bonchev–Trinajstić information content (AvgIpc) is 1.55. The van der Waals surface area contributed by atoms with Gasteiger partial charge in [-0.2, -0.15) is 0 Å². The summed E-state index contributed by atoms with van der Waals surface area (Å²) in [7, 11) is 1.57. The number of aliphatic hydroxyl groups is 1. The molecule has 0 aromatic carbocycles. The van der Waals surface area contributed by atoms with Gasteiger partial charge in [-0.1, -0.05) is 40.3 Å². The Morgan fingerprint density at radius 3 is 2.05 bits per heavy atom. The first-order valence-electron chi connectivity index (χ1n) is 38.7. The second-order valence-corrected chi connectivity index (χ2v) is 30.8. The first-order valence-corrected chi connectivity index (χ1v) is 38.7. The maximum Gasteiger partial charge on any atom is 0.312 e. The number of unbranched alkanes of at least 4 members (excludes halogenated alkanes) is 2. The molecule has 105 heavy (non-hydrogen) atoms. The van der Waals surface area contributed by atoms with Gasteiger partial charge in [0.15, 0.2) is 5.79 Å². The third kappa shape index (κ3) is 21.5. The van der Waals surface area contributed by atoms with Crippen molar-refractivity contribution >= 4 is 47.3 Å². The van der Waals surface area contributed by atoms with Gasteiger partial charge in [-0.3, -0.25) is 43.4 Å². The van der Waals surface area contributed by atoms with Crippen LogP contribution in [0.4, 0.5) is 4.79 Å². The van der Waals surface area contributed by atoms with E-state index in [1.54, 1.807) is 25.9 Å². The highest BCUT2D eigenvalue weighted by Crippen LogP contribution is 2.55. The lowest BCUT2D eigenvalue weighted by atomic mass is 9.81. The largest absolute Gasteiger partial charge is 0.391 e. The molecule has 12 rings (SSSR count). The molecule has 0 aliphatic carbocycles. The molecule has 30 nitrogen and oxygen atoms in total. The average molecular weight is 1480 g/mol. The first kappa shape index (κ1) is 80.6. The molecule has 588 valence electrons. The highest BCUT2D eigenvalue weighted by molar-refractivity contribution is 6.12. The van der Waals surface area contributed by atoms with Gasteiger partial charge in [0.2, 0.25) is 23.6 Å². The summed E-state index contributed by atoms with van der Waals surface area (Å²) in [6.07, 6.45) is 5.51. The Morgan fingerprint density at radius 2 is 1.34 bits per heavy atom. The molecule has 12 aliphatic heterocycles. The van der Waals surface area contributed by atoms with Crippen molar-refractivity contribution in [3.8, 4) is 0 Å². The number of amides is 8. The SMILES string of the molecule is C=C1C[C@@H]2CC[C@@]34C[C@H]5OC6C(O[C@H]7CC[C@H](CC(=O)C[C@@H]8[C@@H](OC)[C@@H](C[C@H](O)CNC(=O)[C@H](CCCNC(N)=O)NC(=O)[C@@H](NC(=O)CN9CCOCCOCCN(C(=O)CCCCCN%10C(=O)C=CC%10=O)CCOCCOCC9)C(C)C)O[C@H]8C[C@H]8O[C@@H](CC[C@@H]1O2)C[C@@H](C)C8=C)O[C@@H]7[C@@H]6O3)[C@H]5O4. The number of carbonyl (C=O) groups excluding carboxylic acids is 8. The van der Waals surface area contributed by atoms with E-state index in [1.165, 1.54) is 17.1 Å². The van der Waals surface area contributed by atoms with Crippen LogP contribution in [0.1, 0.15) is 143 Å². The van der Waals surface area contributed by atoms with Crippen LogP contribution >= 0.6 is 0 Å². The number of carbonyl (C=O) groups is 8. The van der Waals surface area contributed by atoms with Crippen LogP contribution in [-0.2, 0) is 95.1 Å². The number of nitrogens with zero attached hydrogens (tertiary/aromatic N) is 3. The van der Waals surface area contributed by atoms with Crippen LogP contribution in [0.5, 0.6) is 0 Å². The number of ether oxygens (including phenoxy) is 13. The molecule has 2 unspecified atom stereocenters. The van der Waals surface area contributed by atoms with Gasteiger partial charge in [-0.05, 0) is 93.6 Å². The van der Waals surface area contributed by atoms with E-state index in [0.717, 1.165) is 43.3 Å². The minimum atomic E-state index is -1.19. The number of ketones is 1. The van der Waals surface area contributed by atoms with E-state index < -0.39 is 102 Å². The van der Waals surface area contributed by atoms with Crippen molar-refractivity contribution in [2.24, 2.45) is 23.5 Å². The molecule has 30 heteroatoms. The summed E-state index contributed by atoms with van der Waals surface area (Å²) < 4.78 is 84.6. The van der Waals surface area contributed by atoms with Crippen molar-refractivity contribution in [3.63, 3.8) is 0 Å². The summed E-state index contributed by atoms with van der Waals surface area (Å²) in [4.78, 5) is 111. The molecule has 1 spiro atoms. The van der Waals surface area contributed by atoms with Gasteiger partial charge in [0, 0.05) is 116 Å². The van der Waals surface area contributed by atoms with Crippen LogP contribution in [0.2, 0.25) is 0 Å². The molecular weight excluding hydrogens is 1360 g/mol. The van der Waals surface area contributed by atoms with Gasteiger partial charge in [-0.25, -0.2) is 4.79 Å². The zero-order valence-corrected chi connectivity index (χ0v) is 61.9. The first-order chi connectivity index (χ1) is 50.6. The summed E-state index contributed by atoms with van der Waals surface area (Å²) in [5.74, 6) is -4.04. The van der Waals surface area contributed by atoms with Crippen LogP contribution in [0, 0.1) is 17.8 Å². The minimum absolute atomic E-state index is 0.00760. The fourth-order valence-electron chi connectivity index (χ4n) is 17.2. The molecule has 11 fully saturated rings. The summed E-state index contributed by atoms with van der Waals surface area (Å²) in [5, 5.41) is 23.0. The second kappa shape index (κ2) is 38.3. The maximum absolute atomic E-state index is 14.7.